The van der Waals surface area contributed by atoms with E-state index in [4.69, 9.17) is 11.6 Å². The van der Waals surface area contributed by atoms with Gasteiger partial charge in [-0.2, -0.15) is 0 Å². The molecular weight excluding hydrogens is 270 g/mol. The second-order valence-electron chi connectivity index (χ2n) is 4.44. The van der Waals surface area contributed by atoms with E-state index in [1.807, 2.05) is 0 Å². The van der Waals surface area contributed by atoms with Crippen molar-refractivity contribution in [2.24, 2.45) is 0 Å². The molecule has 1 atom stereocenters. The van der Waals surface area contributed by atoms with Crippen LogP contribution in [0, 0.1) is 18.6 Å². The molecule has 0 spiro atoms. The Morgan fingerprint density at radius 1 is 1.21 bits per heavy atom. The van der Waals surface area contributed by atoms with Crippen LogP contribution < -0.4 is 0 Å². The van der Waals surface area contributed by atoms with Crippen LogP contribution in [0.5, 0.6) is 0 Å². The van der Waals surface area contributed by atoms with E-state index in [1.165, 1.54) is 12.1 Å². The molecular formula is C15H13ClF2O. The van der Waals surface area contributed by atoms with Gasteiger partial charge in [0.1, 0.15) is 11.6 Å². The van der Waals surface area contributed by atoms with Crippen LogP contribution in [-0.4, -0.2) is 5.11 Å². The second-order valence-corrected chi connectivity index (χ2v) is 4.85. The zero-order valence-corrected chi connectivity index (χ0v) is 11.1. The fraction of sp³-hybridized carbons (Fsp3) is 0.200. The van der Waals surface area contributed by atoms with Crippen LogP contribution in [0.25, 0.3) is 0 Å². The molecule has 4 heteroatoms. The Labute approximate surface area is 115 Å². The van der Waals surface area contributed by atoms with Gasteiger partial charge in [0.05, 0.1) is 11.1 Å². The summed E-state index contributed by atoms with van der Waals surface area (Å²) in [6.45, 7) is 1.64. The van der Waals surface area contributed by atoms with Gasteiger partial charge >= 0.3 is 0 Å². The molecule has 100 valence electrons. The molecule has 0 heterocycles. The van der Waals surface area contributed by atoms with Crippen molar-refractivity contribution < 1.29 is 13.9 Å². The average Bonchev–Trinajstić information content (AvgIpc) is 2.38. The van der Waals surface area contributed by atoms with Gasteiger partial charge in [-0.15, -0.1) is 0 Å². The Morgan fingerprint density at radius 3 is 2.63 bits per heavy atom. The Morgan fingerprint density at radius 2 is 1.95 bits per heavy atom. The Balaban J connectivity index is 2.23. The largest absolute Gasteiger partial charge is 0.388 e. The molecule has 0 fully saturated rings. The Hall–Kier alpha value is -1.45. The first kappa shape index (κ1) is 14.0. The van der Waals surface area contributed by atoms with Gasteiger partial charge in [0.25, 0.3) is 0 Å². The van der Waals surface area contributed by atoms with Crippen molar-refractivity contribution in [3.8, 4) is 0 Å². The van der Waals surface area contributed by atoms with Gasteiger partial charge in [-0.25, -0.2) is 8.78 Å². The van der Waals surface area contributed by atoms with Crippen molar-refractivity contribution in [2.75, 3.05) is 0 Å². The number of aliphatic hydroxyl groups is 1. The summed E-state index contributed by atoms with van der Waals surface area (Å²) < 4.78 is 27.1. The Bertz CT molecular complexity index is 599. The molecule has 0 saturated carbocycles. The van der Waals surface area contributed by atoms with Gasteiger partial charge in [-0.3, -0.25) is 0 Å². The van der Waals surface area contributed by atoms with E-state index >= 15 is 0 Å². The summed E-state index contributed by atoms with van der Waals surface area (Å²) in [5.74, 6) is -0.932. The van der Waals surface area contributed by atoms with Gasteiger partial charge < -0.3 is 5.11 Å². The number of hydrogen-bond donors (Lipinski definition) is 1. The topological polar surface area (TPSA) is 20.2 Å². The van der Waals surface area contributed by atoms with Crippen molar-refractivity contribution in [1.29, 1.82) is 0 Å². The summed E-state index contributed by atoms with van der Waals surface area (Å²) in [5, 5.41) is 10.0. The lowest BCUT2D eigenvalue weighted by atomic mass is 10.00. The summed E-state index contributed by atoms with van der Waals surface area (Å²) in [4.78, 5) is 0. The van der Waals surface area contributed by atoms with E-state index in [0.717, 1.165) is 0 Å². The minimum atomic E-state index is -0.969. The summed E-state index contributed by atoms with van der Waals surface area (Å²) in [5.41, 5.74) is 1.23. The zero-order chi connectivity index (χ0) is 14.0. The first-order valence-corrected chi connectivity index (χ1v) is 6.24. The molecule has 0 saturated heterocycles. The fourth-order valence-electron chi connectivity index (χ4n) is 1.85. The third kappa shape index (κ3) is 3.11. The summed E-state index contributed by atoms with van der Waals surface area (Å²) in [7, 11) is 0. The molecule has 0 aliphatic rings. The molecule has 1 nitrogen and oxygen atoms in total. The number of aryl methyl sites for hydroxylation is 1. The van der Waals surface area contributed by atoms with Crippen LogP contribution >= 0.6 is 11.6 Å². The highest BCUT2D eigenvalue weighted by Gasteiger charge is 2.14. The lowest BCUT2D eigenvalue weighted by molar-refractivity contribution is 0.176. The molecule has 0 bridgehead atoms. The first-order chi connectivity index (χ1) is 8.99. The maximum atomic E-state index is 13.7. The lowest BCUT2D eigenvalue weighted by Crippen LogP contribution is -2.04. The van der Waals surface area contributed by atoms with Crippen molar-refractivity contribution in [2.45, 2.75) is 19.4 Å². The minimum Gasteiger partial charge on any atom is -0.388 e. The van der Waals surface area contributed by atoms with E-state index in [-0.39, 0.29) is 17.3 Å². The number of aliphatic hydroxyl groups excluding tert-OH is 1. The molecule has 0 aliphatic heterocycles. The van der Waals surface area contributed by atoms with Crippen molar-refractivity contribution in [3.63, 3.8) is 0 Å². The second kappa shape index (κ2) is 5.68. The van der Waals surface area contributed by atoms with Crippen LogP contribution in [0.4, 0.5) is 8.78 Å². The number of hydrogen-bond acceptors (Lipinski definition) is 1. The molecule has 0 amide bonds. The molecule has 0 radical (unpaired) electrons. The summed E-state index contributed by atoms with van der Waals surface area (Å²) >= 11 is 5.67. The molecule has 1 unspecified atom stereocenters. The highest BCUT2D eigenvalue weighted by molar-refractivity contribution is 6.30. The van der Waals surface area contributed by atoms with Crippen molar-refractivity contribution >= 4 is 11.6 Å². The molecule has 0 aromatic heterocycles. The third-order valence-corrected chi connectivity index (χ3v) is 3.32. The molecule has 0 aliphatic carbocycles. The van der Waals surface area contributed by atoms with Crippen LogP contribution in [0.3, 0.4) is 0 Å². The predicted molar refractivity (Wildman–Crippen MR) is 71.2 cm³/mol. The predicted octanol–water partition coefficient (Wildman–Crippen LogP) is 4.20. The third-order valence-electron chi connectivity index (χ3n) is 3.03. The van der Waals surface area contributed by atoms with Crippen LogP contribution in [-0.2, 0) is 6.42 Å². The lowest BCUT2D eigenvalue weighted by Gasteiger charge is -2.13. The maximum Gasteiger partial charge on any atom is 0.145 e. The van der Waals surface area contributed by atoms with Gasteiger partial charge in [0, 0.05) is 6.42 Å². The monoisotopic (exact) mass is 282 g/mol. The van der Waals surface area contributed by atoms with Gasteiger partial charge in [-0.1, -0.05) is 35.9 Å². The molecule has 19 heavy (non-hydrogen) atoms. The molecule has 2 aromatic carbocycles. The SMILES string of the molecule is Cc1ccc(C(O)Cc2cccc(Cl)c2F)cc1F. The first-order valence-electron chi connectivity index (χ1n) is 5.86. The van der Waals surface area contributed by atoms with Crippen molar-refractivity contribution in [1.82, 2.24) is 0 Å². The average molecular weight is 283 g/mol. The van der Waals surface area contributed by atoms with Gasteiger partial charge in [-0.05, 0) is 35.7 Å². The normalized spacial score (nSPS) is 12.5. The van der Waals surface area contributed by atoms with E-state index in [1.54, 1.807) is 31.2 Å². The smallest absolute Gasteiger partial charge is 0.145 e. The maximum absolute atomic E-state index is 13.7. The van der Waals surface area contributed by atoms with E-state index in [2.05, 4.69) is 0 Å². The van der Waals surface area contributed by atoms with E-state index in [9.17, 15) is 13.9 Å². The number of benzene rings is 2. The van der Waals surface area contributed by atoms with Crippen LogP contribution in [0.15, 0.2) is 36.4 Å². The highest BCUT2D eigenvalue weighted by atomic mass is 35.5. The highest BCUT2D eigenvalue weighted by Crippen LogP contribution is 2.24. The standard InChI is InChI=1S/C15H13ClF2O/c1-9-5-6-10(7-13(9)17)14(19)8-11-3-2-4-12(16)15(11)18/h2-7,14,19H,8H2,1H3. The fourth-order valence-corrected chi connectivity index (χ4v) is 2.04. The number of rotatable bonds is 3. The van der Waals surface area contributed by atoms with Gasteiger partial charge in [0.2, 0.25) is 0 Å². The quantitative estimate of drug-likeness (QED) is 0.894. The molecule has 1 N–H and O–H groups in total. The zero-order valence-electron chi connectivity index (χ0n) is 10.3. The minimum absolute atomic E-state index is 0.0137. The van der Waals surface area contributed by atoms with E-state index in [0.29, 0.717) is 16.7 Å². The van der Waals surface area contributed by atoms with E-state index < -0.39 is 11.9 Å². The van der Waals surface area contributed by atoms with Crippen LogP contribution in [0.2, 0.25) is 5.02 Å². The summed E-state index contributed by atoms with van der Waals surface area (Å²) in [6, 6.07) is 9.09. The van der Waals surface area contributed by atoms with Crippen LogP contribution in [0.1, 0.15) is 22.8 Å². The molecule has 2 aromatic rings. The number of halogens is 3. The Kier molecular flexibility index (Phi) is 4.17. The summed E-state index contributed by atoms with van der Waals surface area (Å²) in [6.07, 6.45) is -0.919. The molecule has 2 rings (SSSR count). The van der Waals surface area contributed by atoms with Gasteiger partial charge in [0.15, 0.2) is 0 Å². The van der Waals surface area contributed by atoms with Crippen molar-refractivity contribution in [3.05, 3.63) is 69.7 Å².